The average molecular weight is 895 g/mol. The maximum atomic E-state index is 9.23. The lowest BCUT2D eigenvalue weighted by Gasteiger charge is -2.48. The predicted molar refractivity (Wildman–Crippen MR) is 294 cm³/mol. The maximum absolute atomic E-state index is 9.23. The second-order valence-electron chi connectivity index (χ2n) is 24.3. The molecular weight excluding hydrogens is 822 g/mol. The van der Waals surface area contributed by atoms with Crippen LogP contribution in [0.25, 0.3) is 0 Å². The van der Waals surface area contributed by atoms with E-state index >= 15 is 0 Å². The van der Waals surface area contributed by atoms with E-state index in [4.69, 9.17) is 0 Å². The average Bonchev–Trinajstić information content (AvgIpc) is 3.32. The molecule has 0 unspecified atom stereocenters. The van der Waals surface area contributed by atoms with Gasteiger partial charge in [-0.05, 0) is 195 Å². The number of rotatable bonds is 5. The molecule has 3 nitrogen and oxygen atoms in total. The Kier molecular flexibility index (Phi) is 9.20. The summed E-state index contributed by atoms with van der Waals surface area (Å²) >= 11 is 0. The van der Waals surface area contributed by atoms with Crippen molar-refractivity contribution in [2.24, 2.45) is 0 Å². The molecule has 11 rings (SSSR count). The molecule has 2 heterocycles. The van der Waals surface area contributed by atoms with Gasteiger partial charge in [-0.2, -0.15) is 0 Å². The van der Waals surface area contributed by atoms with E-state index in [-0.39, 0.29) is 33.8 Å². The highest BCUT2D eigenvalue weighted by atomic mass is 15.2. The molecule has 2 aliphatic carbocycles. The van der Waals surface area contributed by atoms with Crippen molar-refractivity contribution in [3.8, 4) is 0 Å². The number of hydrogen-bond donors (Lipinski definition) is 0. The highest BCUT2D eigenvalue weighted by molar-refractivity contribution is 7.00. The van der Waals surface area contributed by atoms with Gasteiger partial charge in [-0.25, -0.2) is 0 Å². The standard InChI is InChI=1S/C64H70BN3/c1-41-34-57-59-58(35-41)68(54-36-43(60(3,4)5)25-24-42(54)2)55-38-47(66(44-20-16-14-17-21-44)45-22-18-15-19-23-45)27-29-52(55)65(59)53-39-50-51(64(12,13)33-32-63(50,10)11)40-56(53)67(57)46-26-28-48-49(37-46)62(8,9)31-30-61(48,6)7/h14-29,34-40H,30-33H2,1-13H3/i1D3. The van der Waals surface area contributed by atoms with E-state index < -0.39 is 6.85 Å². The highest BCUT2D eigenvalue weighted by Crippen LogP contribution is 2.53. The Hall–Kier alpha value is -6.00. The summed E-state index contributed by atoms with van der Waals surface area (Å²) in [5, 5.41) is 0. The number of anilines is 9. The van der Waals surface area contributed by atoms with Crippen molar-refractivity contribution in [1.82, 2.24) is 0 Å². The van der Waals surface area contributed by atoms with Gasteiger partial charge in [0, 0.05) is 55.3 Å². The molecule has 0 radical (unpaired) electrons. The Morgan fingerprint density at radius 2 is 1.03 bits per heavy atom. The van der Waals surface area contributed by atoms with Gasteiger partial charge in [-0.1, -0.05) is 143 Å². The topological polar surface area (TPSA) is 9.72 Å². The molecule has 7 aromatic carbocycles. The summed E-state index contributed by atoms with van der Waals surface area (Å²) < 4.78 is 27.7. The highest BCUT2D eigenvalue weighted by Gasteiger charge is 2.47. The fraction of sp³-hybridized carbons (Fsp3) is 0.344. The number of benzene rings is 7. The third kappa shape index (κ3) is 6.98. The van der Waals surface area contributed by atoms with Gasteiger partial charge in [0.1, 0.15) is 0 Å². The van der Waals surface area contributed by atoms with Crippen molar-refractivity contribution in [1.29, 1.82) is 0 Å². The first kappa shape index (κ1) is 41.0. The van der Waals surface area contributed by atoms with Crippen LogP contribution in [0.1, 0.15) is 145 Å². The first-order chi connectivity index (χ1) is 33.4. The lowest BCUT2D eigenvalue weighted by molar-refractivity contribution is 0.332. The van der Waals surface area contributed by atoms with E-state index in [1.807, 2.05) is 12.1 Å². The van der Waals surface area contributed by atoms with E-state index in [1.165, 1.54) is 38.7 Å². The molecule has 7 aromatic rings. The van der Waals surface area contributed by atoms with Crippen molar-refractivity contribution in [2.75, 3.05) is 14.7 Å². The van der Waals surface area contributed by atoms with Crippen LogP contribution in [0.5, 0.6) is 0 Å². The lowest BCUT2D eigenvalue weighted by atomic mass is 9.33. The van der Waals surface area contributed by atoms with Gasteiger partial charge in [0.25, 0.3) is 6.71 Å². The third-order valence-electron chi connectivity index (χ3n) is 16.7. The zero-order valence-electron chi connectivity index (χ0n) is 45.5. The van der Waals surface area contributed by atoms with Crippen LogP contribution in [-0.4, -0.2) is 6.71 Å². The Balaban J connectivity index is 1.28. The molecule has 68 heavy (non-hydrogen) atoms. The monoisotopic (exact) mass is 895 g/mol. The fourth-order valence-electron chi connectivity index (χ4n) is 12.4. The first-order valence-corrected chi connectivity index (χ1v) is 25.1. The molecule has 0 atom stereocenters. The minimum atomic E-state index is -2.38. The van der Waals surface area contributed by atoms with Crippen molar-refractivity contribution in [3.63, 3.8) is 0 Å². The zero-order chi connectivity index (χ0) is 50.4. The molecular formula is C64H70BN3. The Morgan fingerprint density at radius 1 is 0.485 bits per heavy atom. The molecule has 4 aliphatic rings. The quantitative estimate of drug-likeness (QED) is 0.159. The van der Waals surface area contributed by atoms with Crippen molar-refractivity contribution >= 4 is 74.3 Å². The summed E-state index contributed by atoms with van der Waals surface area (Å²) in [6.07, 6.45) is 4.43. The van der Waals surface area contributed by atoms with Crippen LogP contribution in [0.2, 0.25) is 0 Å². The SMILES string of the molecule is [2H]C([2H])([2H])c1cc2c3c(c1)N(c1cc(C(C)(C)C)ccc1C)c1cc(N(c4ccccc4)c4ccccc4)ccc1B3c1cc3c(cc1N2c1ccc2c(c1)C(C)(C)CCC2(C)C)C(C)(C)CCC3(C)C. The third-order valence-corrected chi connectivity index (χ3v) is 16.7. The summed E-state index contributed by atoms with van der Waals surface area (Å²) in [5.41, 5.74) is 21.0. The van der Waals surface area contributed by atoms with Crippen LogP contribution in [0.15, 0.2) is 140 Å². The number of fused-ring (bicyclic) bond motifs is 6. The summed E-state index contributed by atoms with van der Waals surface area (Å²) in [6.45, 7) is 25.7. The van der Waals surface area contributed by atoms with Crippen molar-refractivity contribution in [3.05, 3.63) is 178 Å². The molecule has 0 saturated heterocycles. The van der Waals surface area contributed by atoms with E-state index in [0.717, 1.165) is 87.9 Å². The van der Waals surface area contributed by atoms with Gasteiger partial charge >= 0.3 is 0 Å². The smallest absolute Gasteiger partial charge is 0.252 e. The van der Waals surface area contributed by atoms with E-state index in [1.54, 1.807) is 0 Å². The summed E-state index contributed by atoms with van der Waals surface area (Å²) in [5.74, 6) is 0. The molecule has 344 valence electrons. The molecule has 0 bridgehead atoms. The minimum absolute atomic E-state index is 0.0275. The second kappa shape index (κ2) is 15.3. The van der Waals surface area contributed by atoms with Gasteiger partial charge < -0.3 is 14.7 Å². The fourth-order valence-corrected chi connectivity index (χ4v) is 12.4. The number of hydrogen-bond acceptors (Lipinski definition) is 3. The lowest BCUT2D eigenvalue weighted by Crippen LogP contribution is -2.62. The molecule has 2 aliphatic heterocycles. The maximum Gasteiger partial charge on any atom is 0.252 e. The molecule has 0 saturated carbocycles. The summed E-state index contributed by atoms with van der Waals surface area (Å²) in [6, 6.07) is 51.5. The van der Waals surface area contributed by atoms with Crippen LogP contribution in [-0.2, 0) is 27.1 Å². The second-order valence-corrected chi connectivity index (χ2v) is 24.3. The molecule has 4 heteroatoms. The van der Waals surface area contributed by atoms with E-state index in [2.05, 4.69) is 225 Å². The molecule has 0 amide bonds. The number of aryl methyl sites for hydroxylation is 2. The zero-order valence-corrected chi connectivity index (χ0v) is 42.5. The van der Waals surface area contributed by atoms with E-state index in [9.17, 15) is 4.11 Å². The normalized spacial score (nSPS) is 18.8. The number of para-hydroxylation sites is 2. The van der Waals surface area contributed by atoms with Gasteiger partial charge in [-0.15, -0.1) is 0 Å². The van der Waals surface area contributed by atoms with Crippen molar-refractivity contribution in [2.45, 2.75) is 143 Å². The first-order valence-electron chi connectivity index (χ1n) is 26.6. The van der Waals surface area contributed by atoms with Gasteiger partial charge in [0.2, 0.25) is 0 Å². The van der Waals surface area contributed by atoms with Crippen LogP contribution < -0.4 is 31.1 Å². The molecule has 0 N–H and O–H groups in total. The van der Waals surface area contributed by atoms with Gasteiger partial charge in [-0.3, -0.25) is 0 Å². The Labute approximate surface area is 412 Å². The minimum Gasteiger partial charge on any atom is -0.311 e. The Morgan fingerprint density at radius 3 is 1.62 bits per heavy atom. The Bertz CT molecular complexity index is 3230. The molecule has 0 aromatic heterocycles. The molecule has 0 spiro atoms. The summed E-state index contributed by atoms with van der Waals surface area (Å²) in [4.78, 5) is 7.24. The van der Waals surface area contributed by atoms with E-state index in [0.29, 0.717) is 5.56 Å². The summed E-state index contributed by atoms with van der Waals surface area (Å²) in [7, 11) is 0. The van der Waals surface area contributed by atoms with Crippen molar-refractivity contribution < 1.29 is 4.11 Å². The van der Waals surface area contributed by atoms with Crippen LogP contribution >= 0.6 is 0 Å². The van der Waals surface area contributed by atoms with Crippen LogP contribution in [0.4, 0.5) is 51.2 Å². The number of nitrogens with zero attached hydrogens (tertiary/aromatic N) is 3. The van der Waals surface area contributed by atoms with Gasteiger partial charge in [0.15, 0.2) is 0 Å². The molecule has 0 fully saturated rings. The van der Waals surface area contributed by atoms with Gasteiger partial charge in [0.05, 0.1) is 0 Å². The largest absolute Gasteiger partial charge is 0.311 e. The predicted octanol–water partition coefficient (Wildman–Crippen LogP) is 15.9. The van der Waals surface area contributed by atoms with Crippen LogP contribution in [0, 0.1) is 13.8 Å². The van der Waals surface area contributed by atoms with Crippen LogP contribution in [0.3, 0.4) is 0 Å².